The minimum Gasteiger partial charge on any atom is -0.493 e. The van der Waals surface area contributed by atoms with Gasteiger partial charge in [-0.3, -0.25) is 4.90 Å². The van der Waals surface area contributed by atoms with Gasteiger partial charge >= 0.3 is 6.18 Å². The van der Waals surface area contributed by atoms with Crippen LogP contribution in [0, 0.1) is 0 Å². The molecule has 0 spiro atoms. The summed E-state index contributed by atoms with van der Waals surface area (Å²) in [6.07, 6.45) is -3.64. The molecule has 0 aliphatic carbocycles. The number of hydrogen-bond donors (Lipinski definition) is 0. The van der Waals surface area contributed by atoms with E-state index in [9.17, 15) is 13.2 Å². The van der Waals surface area contributed by atoms with Crippen LogP contribution in [0.15, 0.2) is 16.6 Å². The molecule has 1 aromatic carbocycles. The lowest BCUT2D eigenvalue weighted by Gasteiger charge is -2.35. The summed E-state index contributed by atoms with van der Waals surface area (Å²) in [6, 6.07) is 3.92. The van der Waals surface area contributed by atoms with Gasteiger partial charge in [0.2, 0.25) is 0 Å². The molecule has 0 unspecified atom stereocenters. The highest BCUT2D eigenvalue weighted by Crippen LogP contribution is 2.38. The van der Waals surface area contributed by atoms with Crippen LogP contribution < -0.4 is 9.47 Å². The molecule has 1 aliphatic heterocycles. The minimum absolute atomic E-state index is 0.137. The van der Waals surface area contributed by atoms with Crippen molar-refractivity contribution in [2.45, 2.75) is 19.1 Å². The van der Waals surface area contributed by atoms with Gasteiger partial charge in [-0.25, -0.2) is 0 Å². The van der Waals surface area contributed by atoms with E-state index in [1.54, 1.807) is 14.2 Å². The molecule has 0 N–H and O–H groups in total. The van der Waals surface area contributed by atoms with Crippen molar-refractivity contribution in [2.24, 2.45) is 0 Å². The average Bonchev–Trinajstić information content (AvgIpc) is 2.63. The first-order chi connectivity index (χ1) is 12.8. The largest absolute Gasteiger partial charge is 0.493 e. The summed E-state index contributed by atoms with van der Waals surface area (Å²) in [4.78, 5) is 4.61. The zero-order chi connectivity index (χ0) is 19.9. The van der Waals surface area contributed by atoms with Gasteiger partial charge in [-0.1, -0.05) is 6.07 Å². The molecule has 1 saturated heterocycles. The van der Waals surface area contributed by atoms with Crippen molar-refractivity contribution in [2.75, 3.05) is 60.2 Å². The van der Waals surface area contributed by atoms with Crippen LogP contribution in [0.25, 0.3) is 0 Å². The molecule has 0 atom stereocenters. The van der Waals surface area contributed by atoms with Gasteiger partial charge in [0.15, 0.2) is 11.5 Å². The third-order valence-corrected chi connectivity index (χ3v) is 5.32. The van der Waals surface area contributed by atoms with E-state index in [4.69, 9.17) is 9.47 Å². The second-order valence-electron chi connectivity index (χ2n) is 6.41. The zero-order valence-corrected chi connectivity index (χ0v) is 17.2. The molecule has 0 saturated carbocycles. The SMILES string of the molecule is COc1ccc(CN2CCN(CCCOCC(F)(F)F)CC2)c(Br)c1OC. The van der Waals surface area contributed by atoms with Crippen molar-refractivity contribution >= 4 is 15.9 Å². The highest BCUT2D eigenvalue weighted by Gasteiger charge is 2.27. The van der Waals surface area contributed by atoms with Crippen molar-refractivity contribution in [1.82, 2.24) is 9.80 Å². The number of hydrogen-bond acceptors (Lipinski definition) is 5. The summed E-state index contributed by atoms with van der Waals surface area (Å²) in [5, 5.41) is 0. The van der Waals surface area contributed by atoms with Gasteiger partial charge in [0.1, 0.15) is 6.61 Å². The second kappa shape index (κ2) is 10.5. The fourth-order valence-electron chi connectivity index (χ4n) is 3.04. The summed E-state index contributed by atoms with van der Waals surface area (Å²) in [5.41, 5.74) is 1.13. The van der Waals surface area contributed by atoms with Gasteiger partial charge < -0.3 is 19.1 Å². The number of benzene rings is 1. The van der Waals surface area contributed by atoms with Gasteiger partial charge in [0.25, 0.3) is 0 Å². The fraction of sp³-hybridized carbons (Fsp3) is 0.667. The highest BCUT2D eigenvalue weighted by atomic mass is 79.9. The fourth-order valence-corrected chi connectivity index (χ4v) is 3.66. The third kappa shape index (κ3) is 7.14. The summed E-state index contributed by atoms with van der Waals surface area (Å²) in [7, 11) is 3.22. The van der Waals surface area contributed by atoms with Gasteiger partial charge in [-0.2, -0.15) is 13.2 Å². The number of ether oxygens (including phenoxy) is 3. The molecule has 1 heterocycles. The maximum atomic E-state index is 12.0. The van der Waals surface area contributed by atoms with Crippen molar-refractivity contribution in [3.8, 4) is 11.5 Å². The second-order valence-corrected chi connectivity index (χ2v) is 7.21. The third-order valence-electron chi connectivity index (χ3n) is 4.45. The summed E-state index contributed by atoms with van der Waals surface area (Å²) < 4.78 is 52.3. The van der Waals surface area contributed by atoms with Crippen molar-refractivity contribution in [1.29, 1.82) is 0 Å². The minimum atomic E-state index is -4.25. The molecule has 0 aromatic heterocycles. The first-order valence-electron chi connectivity index (χ1n) is 8.82. The normalized spacial score (nSPS) is 16.5. The predicted molar refractivity (Wildman–Crippen MR) is 100 cm³/mol. The first kappa shape index (κ1) is 22.3. The number of piperazine rings is 1. The van der Waals surface area contributed by atoms with E-state index in [-0.39, 0.29) is 6.61 Å². The van der Waals surface area contributed by atoms with E-state index in [0.717, 1.165) is 49.3 Å². The average molecular weight is 455 g/mol. The topological polar surface area (TPSA) is 34.2 Å². The van der Waals surface area contributed by atoms with Crippen molar-refractivity contribution in [3.63, 3.8) is 0 Å². The van der Waals surface area contributed by atoms with Gasteiger partial charge in [0.05, 0.1) is 18.7 Å². The Labute approximate surface area is 166 Å². The molecule has 0 radical (unpaired) electrons. The van der Waals surface area contributed by atoms with Crippen molar-refractivity contribution < 1.29 is 27.4 Å². The summed E-state index contributed by atoms with van der Waals surface area (Å²) in [6.45, 7) is 4.12. The molecule has 5 nitrogen and oxygen atoms in total. The summed E-state index contributed by atoms with van der Waals surface area (Å²) in [5.74, 6) is 1.37. The van der Waals surface area contributed by atoms with Crippen molar-refractivity contribution in [3.05, 3.63) is 22.2 Å². The van der Waals surface area contributed by atoms with E-state index < -0.39 is 12.8 Å². The predicted octanol–water partition coefficient (Wildman–Crippen LogP) is 3.55. The Bertz CT molecular complexity index is 594. The van der Waals surface area contributed by atoms with E-state index in [2.05, 4.69) is 30.5 Å². The summed E-state index contributed by atoms with van der Waals surface area (Å²) >= 11 is 3.60. The Kier molecular flexibility index (Phi) is 8.65. The lowest BCUT2D eigenvalue weighted by atomic mass is 10.1. The number of nitrogens with zero attached hydrogens (tertiary/aromatic N) is 2. The van der Waals surface area contributed by atoms with E-state index in [1.807, 2.05) is 12.1 Å². The molecule has 27 heavy (non-hydrogen) atoms. The number of rotatable bonds is 9. The van der Waals surface area contributed by atoms with Gasteiger partial charge in [-0.05, 0) is 34.0 Å². The monoisotopic (exact) mass is 454 g/mol. The van der Waals surface area contributed by atoms with E-state index in [0.29, 0.717) is 17.9 Å². The maximum Gasteiger partial charge on any atom is 0.411 e. The molecule has 1 aliphatic rings. The van der Waals surface area contributed by atoms with Crippen LogP contribution in [0.1, 0.15) is 12.0 Å². The smallest absolute Gasteiger partial charge is 0.411 e. The van der Waals surface area contributed by atoms with Crippen LogP contribution in [0.5, 0.6) is 11.5 Å². The van der Waals surface area contributed by atoms with Crippen LogP contribution >= 0.6 is 15.9 Å². The first-order valence-corrected chi connectivity index (χ1v) is 9.62. The van der Waals surface area contributed by atoms with Crippen LogP contribution in [0.4, 0.5) is 13.2 Å². The van der Waals surface area contributed by atoms with E-state index in [1.165, 1.54) is 0 Å². The lowest BCUT2D eigenvalue weighted by Crippen LogP contribution is -2.46. The molecule has 2 rings (SSSR count). The van der Waals surface area contributed by atoms with E-state index >= 15 is 0 Å². The van der Waals surface area contributed by atoms with Gasteiger partial charge in [0, 0.05) is 45.9 Å². The highest BCUT2D eigenvalue weighted by molar-refractivity contribution is 9.10. The van der Waals surface area contributed by atoms with Gasteiger partial charge in [-0.15, -0.1) is 0 Å². The molecule has 0 bridgehead atoms. The molecule has 9 heteroatoms. The number of halogens is 4. The molecule has 1 fully saturated rings. The Morgan fingerprint density at radius 1 is 1.04 bits per heavy atom. The van der Waals surface area contributed by atoms with Crippen LogP contribution in [0.3, 0.4) is 0 Å². The molecule has 1 aromatic rings. The number of methoxy groups -OCH3 is 2. The van der Waals surface area contributed by atoms with Crippen LogP contribution in [-0.4, -0.2) is 76.1 Å². The molecule has 0 amide bonds. The maximum absolute atomic E-state index is 12.0. The standard InChI is InChI=1S/C18H26BrF3N2O3/c1-25-15-5-4-14(16(19)17(15)26-2)12-24-9-7-23(8-10-24)6-3-11-27-13-18(20,21)22/h4-5H,3,6-13H2,1-2H3. The Hall–Kier alpha value is -1.03. The quantitative estimate of drug-likeness (QED) is 0.533. The van der Waals surface area contributed by atoms with Crippen LogP contribution in [0.2, 0.25) is 0 Å². The Balaban J connectivity index is 1.73. The molecular formula is C18H26BrF3N2O3. The lowest BCUT2D eigenvalue weighted by molar-refractivity contribution is -0.174. The molecular weight excluding hydrogens is 429 g/mol. The van der Waals surface area contributed by atoms with Crippen LogP contribution in [-0.2, 0) is 11.3 Å². The number of alkyl halides is 3. The zero-order valence-electron chi connectivity index (χ0n) is 15.6. The molecule has 154 valence electrons. The Morgan fingerprint density at radius 2 is 1.70 bits per heavy atom. The Morgan fingerprint density at radius 3 is 2.30 bits per heavy atom.